The standard InChI is InChI=1S/C20H21ClN2O2/c1-13(2)22-20(25)18(12-15-6-10-17(21)11-7-15)23-19(24)16-8-4-14(3)5-9-16/h4-13H,1-3H3,(H,22,25)(H,23,24)/b18-12+. The first kappa shape index (κ1) is 18.7. The summed E-state index contributed by atoms with van der Waals surface area (Å²) in [5.74, 6) is -0.676. The molecule has 130 valence electrons. The van der Waals surface area contributed by atoms with Crippen molar-refractivity contribution in [3.8, 4) is 0 Å². The molecule has 0 heterocycles. The zero-order valence-corrected chi connectivity index (χ0v) is 15.2. The van der Waals surface area contributed by atoms with Crippen molar-refractivity contribution in [1.29, 1.82) is 0 Å². The molecule has 2 aromatic rings. The summed E-state index contributed by atoms with van der Waals surface area (Å²) in [7, 11) is 0. The van der Waals surface area contributed by atoms with E-state index in [-0.39, 0.29) is 23.6 Å². The van der Waals surface area contributed by atoms with Crippen LogP contribution in [0.3, 0.4) is 0 Å². The molecule has 0 saturated heterocycles. The Kier molecular flexibility index (Phi) is 6.37. The zero-order chi connectivity index (χ0) is 18.4. The van der Waals surface area contributed by atoms with E-state index in [0.717, 1.165) is 11.1 Å². The second-order valence-electron chi connectivity index (χ2n) is 6.06. The highest BCUT2D eigenvalue weighted by atomic mass is 35.5. The van der Waals surface area contributed by atoms with E-state index in [1.54, 1.807) is 42.5 Å². The van der Waals surface area contributed by atoms with Gasteiger partial charge in [-0.05, 0) is 56.7 Å². The third-order valence-electron chi connectivity index (χ3n) is 3.41. The van der Waals surface area contributed by atoms with Crippen molar-refractivity contribution in [2.45, 2.75) is 26.8 Å². The lowest BCUT2D eigenvalue weighted by Gasteiger charge is -2.13. The van der Waals surface area contributed by atoms with Gasteiger partial charge in [0, 0.05) is 16.6 Å². The molecule has 25 heavy (non-hydrogen) atoms. The van der Waals surface area contributed by atoms with Crippen LogP contribution in [0.4, 0.5) is 0 Å². The quantitative estimate of drug-likeness (QED) is 0.797. The van der Waals surface area contributed by atoms with E-state index in [4.69, 9.17) is 11.6 Å². The fourth-order valence-electron chi connectivity index (χ4n) is 2.12. The molecule has 4 nitrogen and oxygen atoms in total. The van der Waals surface area contributed by atoms with Crippen LogP contribution in [0.1, 0.15) is 35.3 Å². The summed E-state index contributed by atoms with van der Waals surface area (Å²) in [4.78, 5) is 24.9. The first-order valence-electron chi connectivity index (χ1n) is 8.01. The highest BCUT2D eigenvalue weighted by Gasteiger charge is 2.15. The van der Waals surface area contributed by atoms with Gasteiger partial charge < -0.3 is 10.6 Å². The molecular formula is C20H21ClN2O2. The Labute approximate surface area is 152 Å². The molecule has 0 atom stereocenters. The molecule has 2 amide bonds. The number of rotatable bonds is 5. The Morgan fingerprint density at radius 3 is 2.16 bits per heavy atom. The molecule has 0 fully saturated rings. The largest absolute Gasteiger partial charge is 0.349 e. The monoisotopic (exact) mass is 356 g/mol. The normalized spacial score (nSPS) is 11.3. The number of amides is 2. The van der Waals surface area contributed by atoms with Crippen LogP contribution in [-0.2, 0) is 4.79 Å². The van der Waals surface area contributed by atoms with E-state index >= 15 is 0 Å². The maximum Gasteiger partial charge on any atom is 0.268 e. The first-order valence-corrected chi connectivity index (χ1v) is 8.39. The van der Waals surface area contributed by atoms with Gasteiger partial charge >= 0.3 is 0 Å². The second kappa shape index (κ2) is 8.49. The summed E-state index contributed by atoms with van der Waals surface area (Å²) in [5, 5.41) is 6.10. The van der Waals surface area contributed by atoms with Crippen LogP contribution in [0, 0.1) is 6.92 Å². The molecule has 0 aliphatic heterocycles. The number of aryl methyl sites for hydroxylation is 1. The molecule has 2 aromatic carbocycles. The van der Waals surface area contributed by atoms with E-state index in [1.165, 1.54) is 0 Å². The molecule has 0 unspecified atom stereocenters. The molecule has 0 aliphatic rings. The van der Waals surface area contributed by atoms with Gasteiger partial charge in [0.2, 0.25) is 0 Å². The van der Waals surface area contributed by atoms with Gasteiger partial charge in [0.1, 0.15) is 5.70 Å². The third-order valence-corrected chi connectivity index (χ3v) is 3.66. The lowest BCUT2D eigenvalue weighted by Crippen LogP contribution is -2.38. The van der Waals surface area contributed by atoms with Gasteiger partial charge in [0.25, 0.3) is 11.8 Å². The summed E-state index contributed by atoms with van der Waals surface area (Å²) < 4.78 is 0. The predicted molar refractivity (Wildman–Crippen MR) is 101 cm³/mol. The number of benzene rings is 2. The molecule has 0 aliphatic carbocycles. The molecular weight excluding hydrogens is 336 g/mol. The number of halogens is 1. The van der Waals surface area contributed by atoms with Crippen LogP contribution in [-0.4, -0.2) is 17.9 Å². The van der Waals surface area contributed by atoms with Crippen molar-refractivity contribution in [3.05, 3.63) is 75.9 Å². The van der Waals surface area contributed by atoms with Crippen LogP contribution in [0.15, 0.2) is 54.2 Å². The summed E-state index contributed by atoms with van der Waals surface area (Å²) in [6, 6.07) is 14.1. The zero-order valence-electron chi connectivity index (χ0n) is 14.5. The number of carbonyl (C=O) groups excluding carboxylic acids is 2. The van der Waals surface area contributed by atoms with Gasteiger partial charge in [-0.3, -0.25) is 9.59 Å². The van der Waals surface area contributed by atoms with Crippen molar-refractivity contribution < 1.29 is 9.59 Å². The van der Waals surface area contributed by atoms with E-state index < -0.39 is 0 Å². The van der Waals surface area contributed by atoms with Crippen LogP contribution in [0.2, 0.25) is 5.02 Å². The molecule has 0 aromatic heterocycles. The minimum atomic E-state index is -0.342. The smallest absolute Gasteiger partial charge is 0.268 e. The maximum atomic E-state index is 12.4. The van der Waals surface area contributed by atoms with E-state index in [1.807, 2.05) is 32.9 Å². The fourth-order valence-corrected chi connectivity index (χ4v) is 2.25. The second-order valence-corrected chi connectivity index (χ2v) is 6.49. The van der Waals surface area contributed by atoms with Gasteiger partial charge in [0.05, 0.1) is 0 Å². The average molecular weight is 357 g/mol. The molecule has 0 radical (unpaired) electrons. The first-order chi connectivity index (χ1) is 11.8. The van der Waals surface area contributed by atoms with Gasteiger partial charge in [-0.15, -0.1) is 0 Å². The molecule has 0 saturated carbocycles. The number of carbonyl (C=O) groups is 2. The maximum absolute atomic E-state index is 12.4. The Hall–Kier alpha value is -2.59. The summed E-state index contributed by atoms with van der Waals surface area (Å²) in [6.45, 7) is 5.67. The number of hydrogen-bond acceptors (Lipinski definition) is 2. The van der Waals surface area contributed by atoms with Crippen molar-refractivity contribution in [2.75, 3.05) is 0 Å². The van der Waals surface area contributed by atoms with E-state index in [9.17, 15) is 9.59 Å². The SMILES string of the molecule is Cc1ccc(C(=O)N/C(=C/c2ccc(Cl)cc2)C(=O)NC(C)C)cc1. The number of nitrogens with one attached hydrogen (secondary N) is 2. The van der Waals surface area contributed by atoms with Gasteiger partial charge in [-0.1, -0.05) is 41.4 Å². The van der Waals surface area contributed by atoms with E-state index in [2.05, 4.69) is 10.6 Å². The van der Waals surface area contributed by atoms with E-state index in [0.29, 0.717) is 10.6 Å². The highest BCUT2D eigenvalue weighted by molar-refractivity contribution is 6.30. The van der Waals surface area contributed by atoms with Gasteiger partial charge in [-0.2, -0.15) is 0 Å². The lowest BCUT2D eigenvalue weighted by atomic mass is 10.1. The predicted octanol–water partition coefficient (Wildman–Crippen LogP) is 3.94. The highest BCUT2D eigenvalue weighted by Crippen LogP contribution is 2.13. The Bertz CT molecular complexity index is 778. The Morgan fingerprint density at radius 1 is 1.00 bits per heavy atom. The average Bonchev–Trinajstić information content (AvgIpc) is 2.56. The van der Waals surface area contributed by atoms with Crippen LogP contribution < -0.4 is 10.6 Å². The molecule has 2 N–H and O–H groups in total. The minimum absolute atomic E-state index is 0.0441. The van der Waals surface area contributed by atoms with Crippen molar-refractivity contribution in [1.82, 2.24) is 10.6 Å². The molecule has 0 bridgehead atoms. The molecule has 0 spiro atoms. The minimum Gasteiger partial charge on any atom is -0.349 e. The Balaban J connectivity index is 2.27. The summed E-state index contributed by atoms with van der Waals surface area (Å²) in [5.41, 5.74) is 2.50. The summed E-state index contributed by atoms with van der Waals surface area (Å²) >= 11 is 5.89. The Morgan fingerprint density at radius 2 is 1.60 bits per heavy atom. The topological polar surface area (TPSA) is 58.2 Å². The van der Waals surface area contributed by atoms with Crippen molar-refractivity contribution in [3.63, 3.8) is 0 Å². The third kappa shape index (κ3) is 5.76. The van der Waals surface area contributed by atoms with Crippen LogP contribution in [0.5, 0.6) is 0 Å². The fraction of sp³-hybridized carbons (Fsp3) is 0.200. The van der Waals surface area contributed by atoms with Crippen molar-refractivity contribution >= 4 is 29.5 Å². The number of hydrogen-bond donors (Lipinski definition) is 2. The van der Waals surface area contributed by atoms with Gasteiger partial charge in [-0.25, -0.2) is 0 Å². The molecule has 5 heteroatoms. The molecule has 2 rings (SSSR count). The van der Waals surface area contributed by atoms with Crippen molar-refractivity contribution in [2.24, 2.45) is 0 Å². The van der Waals surface area contributed by atoms with Crippen LogP contribution >= 0.6 is 11.6 Å². The van der Waals surface area contributed by atoms with Gasteiger partial charge in [0.15, 0.2) is 0 Å². The summed E-state index contributed by atoms with van der Waals surface area (Å²) in [6.07, 6.45) is 1.63. The lowest BCUT2D eigenvalue weighted by molar-refractivity contribution is -0.118. The van der Waals surface area contributed by atoms with Crippen LogP contribution in [0.25, 0.3) is 6.08 Å².